The number of hydrogen-bond donors (Lipinski definition) is 3. The van der Waals surface area contributed by atoms with Crippen molar-refractivity contribution in [1.82, 2.24) is 5.32 Å². The van der Waals surface area contributed by atoms with Crippen molar-refractivity contribution in [2.45, 2.75) is 12.5 Å². The zero-order chi connectivity index (χ0) is 8.43. The van der Waals surface area contributed by atoms with E-state index in [0.29, 0.717) is 13.0 Å². The molecule has 2 unspecified atom stereocenters. The molecular weight excluding hydrogens is 146 g/mol. The number of carbonyl (C=O) groups excluding carboxylic acids is 2. The summed E-state index contributed by atoms with van der Waals surface area (Å²) in [5.41, 5.74) is 10.4. The van der Waals surface area contributed by atoms with Crippen molar-refractivity contribution in [2.24, 2.45) is 17.4 Å². The fourth-order valence-corrected chi connectivity index (χ4v) is 1.07. The average molecular weight is 157 g/mol. The number of nitrogens with two attached hydrogens (primary N) is 2. The minimum atomic E-state index is -0.582. The predicted molar refractivity (Wildman–Crippen MR) is 38.3 cm³/mol. The second kappa shape index (κ2) is 2.87. The molecule has 2 atom stereocenters. The Morgan fingerprint density at radius 2 is 2.27 bits per heavy atom. The SMILES string of the molecule is NC(=O)C1CNC(=O)C(N)C1. The fraction of sp³-hybridized carbons (Fsp3) is 0.667. The van der Waals surface area contributed by atoms with Crippen molar-refractivity contribution in [1.29, 1.82) is 0 Å². The maximum atomic E-state index is 10.8. The molecule has 11 heavy (non-hydrogen) atoms. The molecule has 0 radical (unpaired) electrons. The first kappa shape index (κ1) is 8.00. The number of carbonyl (C=O) groups is 2. The van der Waals surface area contributed by atoms with Crippen LogP contribution in [-0.2, 0) is 9.59 Å². The Morgan fingerprint density at radius 1 is 1.64 bits per heavy atom. The third-order valence-corrected chi connectivity index (χ3v) is 1.80. The normalized spacial score (nSPS) is 31.2. The van der Waals surface area contributed by atoms with Gasteiger partial charge in [0.25, 0.3) is 0 Å². The molecule has 0 aromatic rings. The van der Waals surface area contributed by atoms with Crippen molar-refractivity contribution < 1.29 is 9.59 Å². The molecule has 1 fully saturated rings. The fourth-order valence-electron chi connectivity index (χ4n) is 1.07. The first-order valence-corrected chi connectivity index (χ1v) is 3.44. The summed E-state index contributed by atoms with van der Waals surface area (Å²) in [5, 5.41) is 2.50. The van der Waals surface area contributed by atoms with E-state index in [1.165, 1.54) is 0 Å². The van der Waals surface area contributed by atoms with Gasteiger partial charge in [0.05, 0.1) is 12.0 Å². The lowest BCUT2D eigenvalue weighted by molar-refractivity contribution is -0.128. The van der Waals surface area contributed by atoms with Crippen LogP contribution in [0.25, 0.3) is 0 Å². The molecule has 2 amide bonds. The Morgan fingerprint density at radius 3 is 2.73 bits per heavy atom. The van der Waals surface area contributed by atoms with Gasteiger partial charge in [-0.1, -0.05) is 0 Å². The standard InChI is InChI=1S/C6H11N3O2/c7-4-1-3(5(8)10)2-9-6(4)11/h3-4H,1-2,7H2,(H2,8,10)(H,9,11). The van der Waals surface area contributed by atoms with Gasteiger partial charge in [0.1, 0.15) is 0 Å². The lowest BCUT2D eigenvalue weighted by Gasteiger charge is -2.24. The van der Waals surface area contributed by atoms with Gasteiger partial charge in [-0.05, 0) is 6.42 Å². The van der Waals surface area contributed by atoms with Gasteiger partial charge >= 0.3 is 0 Å². The largest absolute Gasteiger partial charge is 0.369 e. The van der Waals surface area contributed by atoms with Gasteiger partial charge in [0, 0.05) is 6.54 Å². The molecule has 0 aromatic heterocycles. The van der Waals surface area contributed by atoms with Gasteiger partial charge in [-0.2, -0.15) is 0 Å². The Hall–Kier alpha value is -1.10. The second-order valence-electron chi connectivity index (χ2n) is 2.69. The molecule has 0 aromatic carbocycles. The predicted octanol–water partition coefficient (Wildman–Crippen LogP) is -2.06. The molecule has 1 aliphatic rings. The lowest BCUT2D eigenvalue weighted by atomic mass is 9.95. The summed E-state index contributed by atoms with van der Waals surface area (Å²) in [6, 6.07) is -0.582. The topological polar surface area (TPSA) is 98.2 Å². The van der Waals surface area contributed by atoms with Crippen LogP contribution in [-0.4, -0.2) is 24.4 Å². The molecule has 62 valence electrons. The van der Waals surface area contributed by atoms with E-state index in [4.69, 9.17) is 11.5 Å². The van der Waals surface area contributed by atoms with Gasteiger partial charge in [-0.3, -0.25) is 9.59 Å². The van der Waals surface area contributed by atoms with Gasteiger partial charge < -0.3 is 16.8 Å². The zero-order valence-corrected chi connectivity index (χ0v) is 6.04. The van der Waals surface area contributed by atoms with Crippen LogP contribution >= 0.6 is 0 Å². The molecule has 5 nitrogen and oxygen atoms in total. The van der Waals surface area contributed by atoms with Crippen molar-refractivity contribution in [3.63, 3.8) is 0 Å². The minimum Gasteiger partial charge on any atom is -0.369 e. The summed E-state index contributed by atoms with van der Waals surface area (Å²) < 4.78 is 0. The zero-order valence-electron chi connectivity index (χ0n) is 6.04. The summed E-state index contributed by atoms with van der Waals surface area (Å²) in [6.07, 6.45) is 0.362. The highest BCUT2D eigenvalue weighted by molar-refractivity contribution is 5.86. The van der Waals surface area contributed by atoms with Gasteiger partial charge in [0.2, 0.25) is 11.8 Å². The minimum absolute atomic E-state index is 0.206. The molecule has 0 aliphatic carbocycles. The van der Waals surface area contributed by atoms with Gasteiger partial charge in [0.15, 0.2) is 0 Å². The molecule has 5 N–H and O–H groups in total. The summed E-state index contributed by atoms with van der Waals surface area (Å²) in [5.74, 6) is -0.911. The first-order chi connectivity index (χ1) is 5.11. The van der Waals surface area contributed by atoms with Crippen molar-refractivity contribution in [2.75, 3.05) is 6.54 Å². The molecule has 1 rings (SSSR count). The summed E-state index contributed by atoms with van der Waals surface area (Å²) in [6.45, 7) is 0.321. The van der Waals surface area contributed by atoms with E-state index in [2.05, 4.69) is 5.32 Å². The molecule has 1 heterocycles. The van der Waals surface area contributed by atoms with Crippen LogP contribution in [0.1, 0.15) is 6.42 Å². The molecule has 0 bridgehead atoms. The molecule has 5 heteroatoms. The third-order valence-electron chi connectivity index (χ3n) is 1.80. The van der Waals surface area contributed by atoms with E-state index in [9.17, 15) is 9.59 Å². The van der Waals surface area contributed by atoms with Crippen LogP contribution < -0.4 is 16.8 Å². The number of nitrogens with one attached hydrogen (secondary N) is 1. The first-order valence-electron chi connectivity index (χ1n) is 3.44. The molecule has 1 aliphatic heterocycles. The van der Waals surface area contributed by atoms with Crippen LogP contribution in [0.5, 0.6) is 0 Å². The Balaban J connectivity index is 2.52. The van der Waals surface area contributed by atoms with Crippen LogP contribution in [0.15, 0.2) is 0 Å². The van der Waals surface area contributed by atoms with Gasteiger partial charge in [-0.15, -0.1) is 0 Å². The van der Waals surface area contributed by atoms with Crippen molar-refractivity contribution in [3.8, 4) is 0 Å². The third kappa shape index (κ3) is 1.68. The van der Waals surface area contributed by atoms with Crippen LogP contribution in [0.3, 0.4) is 0 Å². The highest BCUT2D eigenvalue weighted by atomic mass is 16.2. The molecule has 1 saturated heterocycles. The smallest absolute Gasteiger partial charge is 0.236 e. The van der Waals surface area contributed by atoms with Crippen LogP contribution in [0.4, 0.5) is 0 Å². The highest BCUT2D eigenvalue weighted by Gasteiger charge is 2.28. The van der Waals surface area contributed by atoms with Crippen LogP contribution in [0.2, 0.25) is 0 Å². The Labute approximate surface area is 64.1 Å². The monoisotopic (exact) mass is 157 g/mol. The Kier molecular flexibility index (Phi) is 2.09. The van der Waals surface area contributed by atoms with Crippen LogP contribution in [0, 0.1) is 5.92 Å². The summed E-state index contributed by atoms with van der Waals surface area (Å²) in [4.78, 5) is 21.4. The van der Waals surface area contributed by atoms with Gasteiger partial charge in [-0.25, -0.2) is 0 Å². The summed E-state index contributed by atoms with van der Waals surface area (Å²) in [7, 11) is 0. The molecule has 0 saturated carbocycles. The average Bonchev–Trinajstić information content (AvgIpc) is 1.94. The van der Waals surface area contributed by atoms with E-state index >= 15 is 0 Å². The van der Waals surface area contributed by atoms with E-state index in [1.54, 1.807) is 0 Å². The number of amides is 2. The molecular formula is C6H11N3O2. The quantitative estimate of drug-likeness (QED) is 0.408. The highest BCUT2D eigenvalue weighted by Crippen LogP contribution is 2.08. The van der Waals surface area contributed by atoms with Crippen molar-refractivity contribution in [3.05, 3.63) is 0 Å². The lowest BCUT2D eigenvalue weighted by Crippen LogP contribution is -2.52. The summed E-state index contributed by atoms with van der Waals surface area (Å²) >= 11 is 0. The number of hydrogen-bond acceptors (Lipinski definition) is 3. The Bertz CT molecular complexity index is 192. The van der Waals surface area contributed by atoms with E-state index in [0.717, 1.165) is 0 Å². The number of rotatable bonds is 1. The second-order valence-corrected chi connectivity index (χ2v) is 2.69. The number of piperidine rings is 1. The maximum absolute atomic E-state index is 10.8. The van der Waals surface area contributed by atoms with E-state index in [1.807, 2.05) is 0 Å². The molecule has 0 spiro atoms. The maximum Gasteiger partial charge on any atom is 0.236 e. The number of primary amides is 1. The van der Waals surface area contributed by atoms with E-state index in [-0.39, 0.29) is 11.8 Å². The van der Waals surface area contributed by atoms with E-state index < -0.39 is 11.9 Å². The van der Waals surface area contributed by atoms with Crippen molar-refractivity contribution >= 4 is 11.8 Å².